The van der Waals surface area contributed by atoms with Crippen LogP contribution in [0.1, 0.15) is 19.8 Å². The molecule has 34 heavy (non-hydrogen) atoms. The fourth-order valence-electron chi connectivity index (χ4n) is 4.51. The fourth-order valence-corrected chi connectivity index (χ4v) is 4.51. The van der Waals surface area contributed by atoms with Crippen LogP contribution in [0.4, 0.5) is 14.7 Å². The van der Waals surface area contributed by atoms with Crippen LogP contribution < -0.4 is 15.4 Å². The Bertz CT molecular complexity index is 1380. The summed E-state index contributed by atoms with van der Waals surface area (Å²) in [6.07, 6.45) is 0.237. The second-order valence-electron chi connectivity index (χ2n) is 8.80. The van der Waals surface area contributed by atoms with Crippen LogP contribution in [0.3, 0.4) is 0 Å². The summed E-state index contributed by atoms with van der Waals surface area (Å²) >= 11 is 0. The predicted molar refractivity (Wildman–Crippen MR) is 121 cm³/mol. The number of anilines is 1. The Hall–Kier alpha value is -3.83. The van der Waals surface area contributed by atoms with E-state index in [1.807, 2.05) is 37.5 Å². The Morgan fingerprint density at radius 2 is 2.12 bits per heavy atom. The van der Waals surface area contributed by atoms with Gasteiger partial charge in [0.15, 0.2) is 0 Å². The first-order chi connectivity index (χ1) is 16.3. The van der Waals surface area contributed by atoms with Gasteiger partial charge in [0.2, 0.25) is 17.7 Å². The Kier molecular flexibility index (Phi) is 5.29. The summed E-state index contributed by atoms with van der Waals surface area (Å²) in [5.41, 5.74) is 3.58. The summed E-state index contributed by atoms with van der Waals surface area (Å²) in [7, 11) is 3.39. The van der Waals surface area contributed by atoms with Gasteiger partial charge in [-0.2, -0.15) is 4.98 Å². The molecule has 1 saturated carbocycles. The largest absolute Gasteiger partial charge is 0.479 e. The zero-order chi connectivity index (χ0) is 24.0. The summed E-state index contributed by atoms with van der Waals surface area (Å²) in [6, 6.07) is 7.76. The summed E-state index contributed by atoms with van der Waals surface area (Å²) in [6.45, 7) is 1.13. The molecular weight excluding hydrogens is 446 g/mol. The number of ether oxygens (including phenoxy) is 1. The van der Waals surface area contributed by atoms with Crippen LogP contribution >= 0.6 is 0 Å². The lowest BCUT2D eigenvalue weighted by atomic mass is 9.66. The second-order valence-corrected chi connectivity index (χ2v) is 8.80. The van der Waals surface area contributed by atoms with Gasteiger partial charge in [-0.25, -0.2) is 18.0 Å². The molecule has 2 N–H and O–H groups in total. The Labute approximate surface area is 193 Å². The molecular formula is C22H24F2N8O2. The number of rotatable bonds is 7. The Balaban J connectivity index is 1.37. The highest BCUT2D eigenvalue weighted by Gasteiger charge is 2.46. The van der Waals surface area contributed by atoms with Gasteiger partial charge in [-0.15, -0.1) is 10.2 Å². The normalized spacial score (nSPS) is 20.0. The van der Waals surface area contributed by atoms with E-state index in [2.05, 4.69) is 31.0 Å². The van der Waals surface area contributed by atoms with E-state index in [4.69, 9.17) is 4.74 Å². The number of hydrogen-bond acceptors (Lipinski definition) is 7. The minimum absolute atomic E-state index is 0.0563. The number of nitrogens with zero attached hydrogens (tertiary/aromatic N) is 6. The fraction of sp³-hybridized carbons (Fsp3) is 0.409. The zero-order valence-corrected chi connectivity index (χ0v) is 18.9. The Morgan fingerprint density at radius 1 is 1.32 bits per heavy atom. The number of aromatic nitrogens is 6. The van der Waals surface area contributed by atoms with Crippen molar-refractivity contribution in [1.82, 2.24) is 34.9 Å². The van der Waals surface area contributed by atoms with E-state index < -0.39 is 18.4 Å². The van der Waals surface area contributed by atoms with Gasteiger partial charge in [0.05, 0.1) is 24.6 Å². The number of nitrogens with one attached hydrogen (secondary N) is 2. The van der Waals surface area contributed by atoms with Crippen LogP contribution in [0.25, 0.3) is 27.7 Å². The number of fused-ring (bicyclic) bond motifs is 2. The standard InChI is InChI=1S/C22H24F2N8O2/c1-22(20(33)25-11-17(23)24)9-13(10-22)26-21-27-19(34-3)18-14(6-7-32(18)29-21)12-4-5-15-16(8-12)31(2)30-28-15/h4-8,13,17H,9-11H2,1-3H3,(H,25,33)(H,26,29). The number of hydrogen-bond donors (Lipinski definition) is 2. The molecule has 0 radical (unpaired) electrons. The molecule has 0 unspecified atom stereocenters. The van der Waals surface area contributed by atoms with Gasteiger partial charge < -0.3 is 15.4 Å². The van der Waals surface area contributed by atoms with Crippen molar-refractivity contribution in [3.05, 3.63) is 30.5 Å². The van der Waals surface area contributed by atoms with Crippen molar-refractivity contribution < 1.29 is 18.3 Å². The maximum absolute atomic E-state index is 12.4. The molecule has 0 aliphatic heterocycles. The lowest BCUT2D eigenvalue weighted by molar-refractivity contribution is -0.135. The van der Waals surface area contributed by atoms with Crippen molar-refractivity contribution in [3.63, 3.8) is 0 Å². The molecule has 178 valence electrons. The summed E-state index contributed by atoms with van der Waals surface area (Å²) in [4.78, 5) is 16.7. The molecule has 0 atom stereocenters. The minimum atomic E-state index is -2.57. The zero-order valence-electron chi connectivity index (χ0n) is 18.9. The van der Waals surface area contributed by atoms with Crippen molar-refractivity contribution >= 4 is 28.4 Å². The number of alkyl halides is 2. The van der Waals surface area contributed by atoms with E-state index in [9.17, 15) is 13.6 Å². The maximum Gasteiger partial charge on any atom is 0.255 e. The molecule has 5 rings (SSSR count). The molecule has 1 aromatic carbocycles. The van der Waals surface area contributed by atoms with E-state index in [-0.39, 0.29) is 11.9 Å². The lowest BCUT2D eigenvalue weighted by Crippen LogP contribution is -2.53. The van der Waals surface area contributed by atoms with Crippen molar-refractivity contribution in [2.45, 2.75) is 32.2 Å². The molecule has 0 saturated heterocycles. The molecule has 1 aliphatic rings. The topological polar surface area (TPSA) is 111 Å². The van der Waals surface area contributed by atoms with Gasteiger partial charge in [-0.1, -0.05) is 18.2 Å². The van der Waals surface area contributed by atoms with Gasteiger partial charge in [0.1, 0.15) is 11.0 Å². The first-order valence-corrected chi connectivity index (χ1v) is 10.8. The molecule has 10 nitrogen and oxygen atoms in total. The SMILES string of the molecule is COc1nc(NC2CC(C)(C(=O)NCC(F)F)C2)nn2ccc(-c3ccc4nnn(C)c4c3)c12. The average molecular weight is 470 g/mol. The number of aryl methyl sites for hydroxylation is 1. The van der Waals surface area contributed by atoms with Crippen LogP contribution in [0, 0.1) is 5.41 Å². The number of carbonyl (C=O) groups excluding carboxylic acids is 1. The molecule has 0 bridgehead atoms. The molecule has 3 heterocycles. The monoisotopic (exact) mass is 470 g/mol. The van der Waals surface area contributed by atoms with Crippen LogP contribution in [-0.2, 0) is 11.8 Å². The van der Waals surface area contributed by atoms with Crippen LogP contribution in [0.2, 0.25) is 0 Å². The molecule has 4 aromatic rings. The van der Waals surface area contributed by atoms with E-state index in [1.165, 1.54) is 0 Å². The third kappa shape index (κ3) is 3.78. The Morgan fingerprint density at radius 3 is 2.85 bits per heavy atom. The van der Waals surface area contributed by atoms with E-state index in [1.54, 1.807) is 23.2 Å². The highest BCUT2D eigenvalue weighted by atomic mass is 19.3. The number of carbonyl (C=O) groups is 1. The van der Waals surface area contributed by atoms with Crippen molar-refractivity contribution in [1.29, 1.82) is 0 Å². The quantitative estimate of drug-likeness (QED) is 0.427. The van der Waals surface area contributed by atoms with Crippen molar-refractivity contribution in [2.75, 3.05) is 19.0 Å². The second kappa shape index (κ2) is 8.19. The summed E-state index contributed by atoms with van der Waals surface area (Å²) in [5, 5.41) is 18.3. The third-order valence-electron chi connectivity index (χ3n) is 6.29. The van der Waals surface area contributed by atoms with E-state index >= 15 is 0 Å². The average Bonchev–Trinajstić information content (AvgIpc) is 3.39. The highest BCUT2D eigenvalue weighted by Crippen LogP contribution is 2.42. The lowest BCUT2D eigenvalue weighted by Gasteiger charge is -2.43. The molecule has 0 spiro atoms. The van der Waals surface area contributed by atoms with E-state index in [0.29, 0.717) is 30.2 Å². The number of methoxy groups -OCH3 is 1. The van der Waals surface area contributed by atoms with Crippen LogP contribution in [0.5, 0.6) is 5.88 Å². The van der Waals surface area contributed by atoms with Crippen LogP contribution in [0.15, 0.2) is 30.5 Å². The smallest absolute Gasteiger partial charge is 0.255 e. The summed E-state index contributed by atoms with van der Waals surface area (Å²) < 4.78 is 33.8. The molecule has 3 aromatic heterocycles. The molecule has 12 heteroatoms. The molecule has 1 fully saturated rings. The van der Waals surface area contributed by atoms with Gasteiger partial charge >= 0.3 is 0 Å². The first-order valence-electron chi connectivity index (χ1n) is 10.8. The number of amides is 1. The van der Waals surface area contributed by atoms with Crippen molar-refractivity contribution in [3.8, 4) is 17.0 Å². The number of benzene rings is 1. The molecule has 1 amide bonds. The van der Waals surface area contributed by atoms with E-state index in [0.717, 1.165) is 22.2 Å². The highest BCUT2D eigenvalue weighted by molar-refractivity contribution is 5.89. The van der Waals surface area contributed by atoms with Gasteiger partial charge in [0, 0.05) is 24.8 Å². The first kappa shape index (κ1) is 22.0. The predicted octanol–water partition coefficient (Wildman–Crippen LogP) is 2.65. The number of halogens is 2. The van der Waals surface area contributed by atoms with Crippen molar-refractivity contribution in [2.24, 2.45) is 12.5 Å². The summed E-state index contributed by atoms with van der Waals surface area (Å²) in [5.74, 6) is 0.394. The maximum atomic E-state index is 12.4. The minimum Gasteiger partial charge on any atom is -0.479 e. The van der Waals surface area contributed by atoms with Gasteiger partial charge in [-0.3, -0.25) is 4.79 Å². The van der Waals surface area contributed by atoms with Crippen LogP contribution in [-0.4, -0.2) is 61.6 Å². The van der Waals surface area contributed by atoms with Gasteiger partial charge in [-0.05, 0) is 36.6 Å². The molecule has 1 aliphatic carbocycles. The van der Waals surface area contributed by atoms with Gasteiger partial charge in [0.25, 0.3) is 6.43 Å². The third-order valence-corrected chi connectivity index (χ3v) is 6.29.